The quantitative estimate of drug-likeness (QED) is 0.306. The minimum atomic E-state index is -0.501. The lowest BCUT2D eigenvalue weighted by Crippen LogP contribution is -2.08. The predicted molar refractivity (Wildman–Crippen MR) is 132 cm³/mol. The van der Waals surface area contributed by atoms with Crippen LogP contribution in [0.5, 0.6) is 5.75 Å². The molecule has 3 aromatic heterocycles. The fourth-order valence-electron chi connectivity index (χ4n) is 3.71. The highest BCUT2D eigenvalue weighted by molar-refractivity contribution is 9.10. The second kappa shape index (κ2) is 9.64. The van der Waals surface area contributed by atoms with Gasteiger partial charge in [0.15, 0.2) is 11.6 Å². The molecule has 0 aliphatic carbocycles. The van der Waals surface area contributed by atoms with E-state index < -0.39 is 6.10 Å². The van der Waals surface area contributed by atoms with E-state index >= 15 is 0 Å². The number of benzene rings is 1. The number of anilines is 1. The average Bonchev–Trinajstić information content (AvgIpc) is 3.32. The summed E-state index contributed by atoms with van der Waals surface area (Å²) in [6.45, 7) is 4.66. The van der Waals surface area contributed by atoms with Crippen LogP contribution in [0.25, 0.3) is 11.3 Å². The molecule has 0 spiro atoms. The topological polar surface area (TPSA) is 83.8 Å². The smallest absolute Gasteiger partial charge is 0.166 e. The Morgan fingerprint density at radius 1 is 1.18 bits per heavy atom. The van der Waals surface area contributed by atoms with Crippen LogP contribution in [0.1, 0.15) is 36.6 Å². The van der Waals surface area contributed by atoms with E-state index in [4.69, 9.17) is 15.6 Å². The van der Waals surface area contributed by atoms with Crippen LogP contribution in [-0.4, -0.2) is 24.5 Å². The minimum absolute atomic E-state index is 0.263. The van der Waals surface area contributed by atoms with Crippen LogP contribution in [0.2, 0.25) is 0 Å². The number of hydrogen-bond donors (Lipinski definition) is 1. The molecule has 0 saturated heterocycles. The van der Waals surface area contributed by atoms with Gasteiger partial charge in [-0.15, -0.1) is 0 Å². The van der Waals surface area contributed by atoms with Crippen molar-refractivity contribution < 1.29 is 9.13 Å². The number of hydrogen-bond acceptors (Lipinski definition) is 5. The Morgan fingerprint density at radius 3 is 2.70 bits per heavy atom. The first-order valence-corrected chi connectivity index (χ1v) is 12.0. The number of pyridine rings is 1. The van der Waals surface area contributed by atoms with Crippen molar-refractivity contribution in [2.75, 3.05) is 5.73 Å². The van der Waals surface area contributed by atoms with Crippen LogP contribution in [0.15, 0.2) is 51.9 Å². The van der Waals surface area contributed by atoms with Gasteiger partial charge in [-0.05, 0) is 70.0 Å². The SMILES string of the molecule is CCn1ncc(Cc2cn(C)nc2-c2ccc(F)cc2C(C)Oc2cc(Br)cnc2N)c1Br. The van der Waals surface area contributed by atoms with Crippen molar-refractivity contribution in [2.45, 2.75) is 32.9 Å². The summed E-state index contributed by atoms with van der Waals surface area (Å²) in [6.07, 6.45) is 5.54. The highest BCUT2D eigenvalue weighted by Gasteiger charge is 2.21. The molecular weight excluding hydrogens is 555 g/mol. The summed E-state index contributed by atoms with van der Waals surface area (Å²) >= 11 is 7.02. The Bertz CT molecular complexity index is 1300. The van der Waals surface area contributed by atoms with Crippen molar-refractivity contribution in [3.05, 3.63) is 74.4 Å². The molecule has 1 aromatic carbocycles. The zero-order valence-corrected chi connectivity index (χ0v) is 21.6. The fraction of sp³-hybridized carbons (Fsp3) is 0.261. The number of nitrogen functional groups attached to an aromatic ring is 1. The molecule has 1 unspecified atom stereocenters. The van der Waals surface area contributed by atoms with Gasteiger partial charge in [-0.2, -0.15) is 10.2 Å². The van der Waals surface area contributed by atoms with Gasteiger partial charge in [-0.3, -0.25) is 9.36 Å². The molecule has 10 heteroatoms. The van der Waals surface area contributed by atoms with Gasteiger partial charge in [0.05, 0.1) is 11.9 Å². The molecule has 172 valence electrons. The molecule has 7 nitrogen and oxygen atoms in total. The highest BCUT2D eigenvalue weighted by Crippen LogP contribution is 2.35. The molecule has 3 heterocycles. The second-order valence-corrected chi connectivity index (χ2v) is 9.33. The third-order valence-electron chi connectivity index (χ3n) is 5.29. The molecule has 0 saturated carbocycles. The van der Waals surface area contributed by atoms with E-state index in [1.54, 1.807) is 23.0 Å². The van der Waals surface area contributed by atoms with Gasteiger partial charge >= 0.3 is 0 Å². The van der Waals surface area contributed by atoms with E-state index in [0.717, 1.165) is 38.0 Å². The first-order chi connectivity index (χ1) is 15.8. The monoisotopic (exact) mass is 576 g/mol. The van der Waals surface area contributed by atoms with Gasteiger partial charge in [0.1, 0.15) is 16.5 Å². The van der Waals surface area contributed by atoms with E-state index in [0.29, 0.717) is 17.7 Å². The molecule has 0 bridgehead atoms. The van der Waals surface area contributed by atoms with Gasteiger partial charge in [-0.1, -0.05) is 0 Å². The van der Waals surface area contributed by atoms with Crippen molar-refractivity contribution in [1.29, 1.82) is 0 Å². The van der Waals surface area contributed by atoms with Crippen LogP contribution >= 0.6 is 31.9 Å². The third kappa shape index (κ3) is 4.96. The average molecular weight is 578 g/mol. The number of aryl methyl sites for hydroxylation is 2. The Labute approximate surface area is 208 Å². The maximum atomic E-state index is 14.3. The molecular formula is C23H23Br2FN6O. The molecule has 0 aliphatic rings. The summed E-state index contributed by atoms with van der Waals surface area (Å²) in [6, 6.07) is 6.39. The Kier molecular flexibility index (Phi) is 6.85. The van der Waals surface area contributed by atoms with Crippen molar-refractivity contribution in [1.82, 2.24) is 24.5 Å². The van der Waals surface area contributed by atoms with Crippen molar-refractivity contribution in [3.63, 3.8) is 0 Å². The number of ether oxygens (including phenoxy) is 1. The molecule has 0 amide bonds. The summed E-state index contributed by atoms with van der Waals surface area (Å²) in [4.78, 5) is 4.11. The van der Waals surface area contributed by atoms with E-state index in [9.17, 15) is 4.39 Å². The van der Waals surface area contributed by atoms with Gasteiger partial charge in [0.25, 0.3) is 0 Å². The zero-order chi connectivity index (χ0) is 23.7. The Hall–Kier alpha value is -2.72. The van der Waals surface area contributed by atoms with Gasteiger partial charge < -0.3 is 10.5 Å². The molecule has 0 aliphatic heterocycles. The van der Waals surface area contributed by atoms with Crippen LogP contribution in [0.3, 0.4) is 0 Å². The van der Waals surface area contributed by atoms with E-state index in [2.05, 4.69) is 41.9 Å². The normalized spacial score (nSPS) is 12.2. The van der Waals surface area contributed by atoms with Gasteiger partial charge in [-0.25, -0.2) is 9.37 Å². The number of rotatable bonds is 7. The summed E-state index contributed by atoms with van der Waals surface area (Å²) in [5, 5.41) is 9.11. The first-order valence-electron chi connectivity index (χ1n) is 10.4. The molecule has 4 rings (SSSR count). The minimum Gasteiger partial charge on any atom is -0.482 e. The van der Waals surface area contributed by atoms with Crippen LogP contribution in [0, 0.1) is 5.82 Å². The molecule has 33 heavy (non-hydrogen) atoms. The fourth-order valence-corrected chi connectivity index (χ4v) is 4.61. The van der Waals surface area contributed by atoms with Gasteiger partial charge in [0.2, 0.25) is 0 Å². The lowest BCUT2D eigenvalue weighted by Gasteiger charge is -2.19. The van der Waals surface area contributed by atoms with E-state index in [1.807, 2.05) is 38.0 Å². The van der Waals surface area contributed by atoms with Crippen molar-refractivity contribution in [2.24, 2.45) is 7.05 Å². The molecule has 1 atom stereocenters. The van der Waals surface area contributed by atoms with Crippen molar-refractivity contribution >= 4 is 37.7 Å². The summed E-state index contributed by atoms with van der Waals surface area (Å²) < 4.78 is 25.7. The number of nitrogens with zero attached hydrogens (tertiary/aromatic N) is 5. The third-order valence-corrected chi connectivity index (χ3v) is 6.64. The summed E-state index contributed by atoms with van der Waals surface area (Å²) in [5.74, 6) is 0.331. The van der Waals surface area contributed by atoms with Crippen LogP contribution < -0.4 is 10.5 Å². The molecule has 4 aromatic rings. The lowest BCUT2D eigenvalue weighted by atomic mass is 9.96. The maximum Gasteiger partial charge on any atom is 0.166 e. The zero-order valence-electron chi connectivity index (χ0n) is 18.4. The second-order valence-electron chi connectivity index (χ2n) is 7.66. The maximum absolute atomic E-state index is 14.3. The standard InChI is InChI=1S/C23H23Br2FN6O/c1-4-32-22(25)14(10-29-32)7-15-12-31(3)30-21(15)18-6-5-17(26)9-19(18)13(2)33-20-8-16(24)11-28-23(20)27/h5-6,8-13H,4,7H2,1-3H3,(H2,27,28). The van der Waals surface area contributed by atoms with Gasteiger partial charge in [0, 0.05) is 59.1 Å². The Morgan fingerprint density at radius 2 is 1.97 bits per heavy atom. The van der Waals surface area contributed by atoms with Crippen LogP contribution in [-0.2, 0) is 20.0 Å². The Balaban J connectivity index is 1.73. The largest absolute Gasteiger partial charge is 0.482 e. The predicted octanol–water partition coefficient (Wildman–Crippen LogP) is 5.68. The number of nitrogens with two attached hydrogens (primary N) is 1. The van der Waals surface area contributed by atoms with Crippen molar-refractivity contribution in [3.8, 4) is 17.0 Å². The summed E-state index contributed by atoms with van der Waals surface area (Å²) in [5.41, 5.74) is 10.2. The number of halogens is 3. The molecule has 0 radical (unpaired) electrons. The van der Waals surface area contributed by atoms with E-state index in [1.165, 1.54) is 12.1 Å². The number of aromatic nitrogens is 5. The molecule has 0 fully saturated rings. The van der Waals surface area contributed by atoms with Crippen LogP contribution in [0.4, 0.5) is 10.2 Å². The summed E-state index contributed by atoms with van der Waals surface area (Å²) in [7, 11) is 1.87. The molecule has 2 N–H and O–H groups in total. The van der Waals surface area contributed by atoms with E-state index in [-0.39, 0.29) is 11.6 Å². The first kappa shape index (κ1) is 23.4. The highest BCUT2D eigenvalue weighted by atomic mass is 79.9. The lowest BCUT2D eigenvalue weighted by molar-refractivity contribution is 0.227.